The summed E-state index contributed by atoms with van der Waals surface area (Å²) in [6.07, 6.45) is 0. The Balaban J connectivity index is 2.23. The Hall–Kier alpha value is -2.11. The molecule has 2 rings (SSSR count). The van der Waals surface area contributed by atoms with Crippen molar-refractivity contribution in [3.63, 3.8) is 0 Å². The molecule has 0 aliphatic carbocycles. The highest BCUT2D eigenvalue weighted by Crippen LogP contribution is 2.20. The lowest BCUT2D eigenvalue weighted by atomic mass is 10.1. The number of rotatable bonds is 3. The Morgan fingerprint density at radius 2 is 1.81 bits per heavy atom. The highest BCUT2D eigenvalue weighted by Gasteiger charge is 2.13. The SMILES string of the molecule is Cc1cc(NC(=O)c2ccc(Cl)nc2Cl)ccc1C(=O)O. The molecule has 0 spiro atoms. The number of carbonyl (C=O) groups is 2. The molecule has 7 heteroatoms. The molecular formula is C14H10Cl2N2O3. The molecule has 5 nitrogen and oxygen atoms in total. The van der Waals surface area contributed by atoms with E-state index in [-0.39, 0.29) is 21.4 Å². The molecule has 1 heterocycles. The lowest BCUT2D eigenvalue weighted by molar-refractivity contribution is 0.0696. The maximum atomic E-state index is 12.1. The van der Waals surface area contributed by atoms with Crippen LogP contribution in [0.3, 0.4) is 0 Å². The highest BCUT2D eigenvalue weighted by atomic mass is 35.5. The Labute approximate surface area is 130 Å². The minimum atomic E-state index is -1.02. The maximum Gasteiger partial charge on any atom is 0.335 e. The van der Waals surface area contributed by atoms with Gasteiger partial charge < -0.3 is 10.4 Å². The van der Waals surface area contributed by atoms with E-state index in [0.717, 1.165) is 0 Å². The van der Waals surface area contributed by atoms with Gasteiger partial charge in [0, 0.05) is 5.69 Å². The van der Waals surface area contributed by atoms with E-state index < -0.39 is 11.9 Å². The monoisotopic (exact) mass is 324 g/mol. The number of halogens is 2. The van der Waals surface area contributed by atoms with Gasteiger partial charge in [-0.15, -0.1) is 0 Å². The fourth-order valence-electron chi connectivity index (χ4n) is 1.76. The van der Waals surface area contributed by atoms with Crippen LogP contribution in [0, 0.1) is 6.92 Å². The molecule has 0 aliphatic rings. The molecule has 1 aromatic heterocycles. The number of hydrogen-bond acceptors (Lipinski definition) is 3. The van der Waals surface area contributed by atoms with E-state index in [1.54, 1.807) is 13.0 Å². The molecule has 0 radical (unpaired) electrons. The lowest BCUT2D eigenvalue weighted by Crippen LogP contribution is -2.13. The van der Waals surface area contributed by atoms with Crippen LogP contribution in [0.15, 0.2) is 30.3 Å². The summed E-state index contributed by atoms with van der Waals surface area (Å²) in [6.45, 7) is 1.65. The van der Waals surface area contributed by atoms with Crippen molar-refractivity contribution in [2.24, 2.45) is 0 Å². The number of carbonyl (C=O) groups excluding carboxylic acids is 1. The molecule has 0 unspecified atom stereocenters. The van der Waals surface area contributed by atoms with Crippen LogP contribution in [0.4, 0.5) is 5.69 Å². The van der Waals surface area contributed by atoms with E-state index in [2.05, 4.69) is 10.3 Å². The molecule has 0 saturated carbocycles. The fourth-order valence-corrected chi connectivity index (χ4v) is 2.19. The van der Waals surface area contributed by atoms with Crippen LogP contribution in [0.1, 0.15) is 26.3 Å². The number of pyridine rings is 1. The van der Waals surface area contributed by atoms with Crippen LogP contribution in [0.2, 0.25) is 10.3 Å². The molecule has 0 fully saturated rings. The molecule has 0 atom stereocenters. The second-order valence-electron chi connectivity index (χ2n) is 4.26. The number of aromatic nitrogens is 1. The number of anilines is 1. The molecule has 2 N–H and O–H groups in total. The Kier molecular flexibility index (Phi) is 4.45. The first-order valence-electron chi connectivity index (χ1n) is 5.86. The molecule has 21 heavy (non-hydrogen) atoms. The van der Waals surface area contributed by atoms with Crippen LogP contribution in [0.25, 0.3) is 0 Å². The van der Waals surface area contributed by atoms with Crippen LogP contribution < -0.4 is 5.32 Å². The minimum absolute atomic E-state index is 0.00104. The van der Waals surface area contributed by atoms with Gasteiger partial charge in [0.2, 0.25) is 0 Å². The van der Waals surface area contributed by atoms with Gasteiger partial charge in [-0.05, 0) is 42.8 Å². The van der Waals surface area contributed by atoms with Crippen molar-refractivity contribution in [2.75, 3.05) is 5.32 Å². The molecule has 2 aromatic rings. The van der Waals surface area contributed by atoms with Crippen molar-refractivity contribution in [1.29, 1.82) is 0 Å². The fraction of sp³-hybridized carbons (Fsp3) is 0.0714. The van der Waals surface area contributed by atoms with E-state index >= 15 is 0 Å². The normalized spacial score (nSPS) is 10.2. The number of nitrogens with one attached hydrogen (secondary N) is 1. The molecule has 0 aliphatic heterocycles. The van der Waals surface area contributed by atoms with Crippen LogP contribution in [-0.2, 0) is 0 Å². The second-order valence-corrected chi connectivity index (χ2v) is 5.01. The van der Waals surface area contributed by atoms with Crippen molar-refractivity contribution < 1.29 is 14.7 Å². The summed E-state index contributed by atoms with van der Waals surface area (Å²) < 4.78 is 0. The summed E-state index contributed by atoms with van der Waals surface area (Å²) in [5, 5.41) is 11.8. The van der Waals surface area contributed by atoms with Crippen molar-refractivity contribution in [1.82, 2.24) is 4.98 Å². The number of amides is 1. The van der Waals surface area contributed by atoms with Gasteiger partial charge in [0.05, 0.1) is 11.1 Å². The summed E-state index contributed by atoms with van der Waals surface area (Å²) in [5.41, 5.74) is 1.37. The summed E-state index contributed by atoms with van der Waals surface area (Å²) in [5.74, 6) is -1.47. The van der Waals surface area contributed by atoms with E-state index in [9.17, 15) is 9.59 Å². The summed E-state index contributed by atoms with van der Waals surface area (Å²) in [6, 6.07) is 7.42. The van der Waals surface area contributed by atoms with E-state index in [4.69, 9.17) is 28.3 Å². The molecule has 0 saturated heterocycles. The number of carboxylic acid groups (broad SMARTS) is 1. The highest BCUT2D eigenvalue weighted by molar-refractivity contribution is 6.35. The topological polar surface area (TPSA) is 79.3 Å². The van der Waals surface area contributed by atoms with Crippen molar-refractivity contribution >= 4 is 40.8 Å². The zero-order valence-electron chi connectivity index (χ0n) is 10.9. The van der Waals surface area contributed by atoms with Crippen molar-refractivity contribution in [3.05, 3.63) is 57.3 Å². The quantitative estimate of drug-likeness (QED) is 0.844. The van der Waals surface area contributed by atoms with Gasteiger partial charge in [-0.2, -0.15) is 0 Å². The smallest absolute Gasteiger partial charge is 0.335 e. The van der Waals surface area contributed by atoms with Gasteiger partial charge in [-0.1, -0.05) is 23.2 Å². The summed E-state index contributed by atoms with van der Waals surface area (Å²) >= 11 is 11.5. The minimum Gasteiger partial charge on any atom is -0.478 e. The first-order valence-corrected chi connectivity index (χ1v) is 6.61. The third-order valence-corrected chi connectivity index (χ3v) is 3.27. The largest absolute Gasteiger partial charge is 0.478 e. The van der Waals surface area contributed by atoms with Gasteiger partial charge in [0.15, 0.2) is 0 Å². The van der Waals surface area contributed by atoms with Crippen molar-refractivity contribution in [3.8, 4) is 0 Å². The number of aromatic carboxylic acids is 1. The summed E-state index contributed by atoms with van der Waals surface area (Å²) in [7, 11) is 0. The molecular weight excluding hydrogens is 315 g/mol. The molecule has 1 amide bonds. The molecule has 108 valence electrons. The first-order chi connectivity index (χ1) is 9.88. The third-order valence-electron chi connectivity index (χ3n) is 2.77. The second kappa shape index (κ2) is 6.11. The van der Waals surface area contributed by atoms with Gasteiger partial charge in [0.1, 0.15) is 10.3 Å². The predicted octanol–water partition coefficient (Wildman–Crippen LogP) is 3.65. The Bertz CT molecular complexity index is 732. The van der Waals surface area contributed by atoms with Crippen LogP contribution in [-0.4, -0.2) is 22.0 Å². The zero-order chi connectivity index (χ0) is 15.6. The predicted molar refractivity (Wildman–Crippen MR) is 80.3 cm³/mol. The number of aryl methyl sites for hydroxylation is 1. The number of carboxylic acids is 1. The Morgan fingerprint density at radius 1 is 1.14 bits per heavy atom. The number of benzene rings is 1. The standard InChI is InChI=1S/C14H10Cl2N2O3/c1-7-6-8(2-3-9(7)14(20)21)17-13(19)10-4-5-11(15)18-12(10)16/h2-6H,1H3,(H,17,19)(H,20,21). The van der Waals surface area contributed by atoms with Gasteiger partial charge in [0.25, 0.3) is 5.91 Å². The van der Waals surface area contributed by atoms with Crippen LogP contribution in [0.5, 0.6) is 0 Å². The Morgan fingerprint density at radius 3 is 2.38 bits per heavy atom. The number of hydrogen-bond donors (Lipinski definition) is 2. The van der Waals surface area contributed by atoms with Gasteiger partial charge in [-0.3, -0.25) is 4.79 Å². The third kappa shape index (κ3) is 3.51. The first kappa shape index (κ1) is 15.3. The summed E-state index contributed by atoms with van der Waals surface area (Å²) in [4.78, 5) is 26.8. The van der Waals surface area contributed by atoms with Crippen LogP contribution >= 0.6 is 23.2 Å². The van der Waals surface area contributed by atoms with E-state index in [0.29, 0.717) is 11.3 Å². The number of nitrogens with zero attached hydrogens (tertiary/aromatic N) is 1. The average molecular weight is 325 g/mol. The average Bonchev–Trinajstić information content (AvgIpc) is 2.37. The van der Waals surface area contributed by atoms with E-state index in [1.165, 1.54) is 24.3 Å². The lowest BCUT2D eigenvalue weighted by Gasteiger charge is -2.08. The zero-order valence-corrected chi connectivity index (χ0v) is 12.4. The molecule has 1 aromatic carbocycles. The van der Waals surface area contributed by atoms with E-state index in [1.807, 2.05) is 0 Å². The van der Waals surface area contributed by atoms with Crippen molar-refractivity contribution in [2.45, 2.75) is 6.92 Å². The van der Waals surface area contributed by atoms with Gasteiger partial charge >= 0.3 is 5.97 Å². The molecule has 0 bridgehead atoms. The maximum absolute atomic E-state index is 12.1. The van der Waals surface area contributed by atoms with Gasteiger partial charge in [-0.25, -0.2) is 9.78 Å².